The molecule has 0 unspecified atom stereocenters. The molecule has 0 aliphatic rings. The van der Waals surface area contributed by atoms with E-state index in [1.54, 1.807) is 12.1 Å². The third kappa shape index (κ3) is 5.45. The lowest BCUT2D eigenvalue weighted by Gasteiger charge is -2.12. The molecule has 0 saturated heterocycles. The number of carbonyl (C=O) groups is 1. The molecule has 0 aromatic heterocycles. The van der Waals surface area contributed by atoms with Gasteiger partial charge in [-0.2, -0.15) is 0 Å². The molecule has 6 heteroatoms. The van der Waals surface area contributed by atoms with Crippen molar-refractivity contribution in [3.05, 3.63) is 60.2 Å². The van der Waals surface area contributed by atoms with Gasteiger partial charge in [0.2, 0.25) is 2.14 Å². The van der Waals surface area contributed by atoms with Crippen molar-refractivity contribution < 1.29 is 9.53 Å². The van der Waals surface area contributed by atoms with Crippen molar-refractivity contribution in [2.24, 2.45) is 0 Å². The van der Waals surface area contributed by atoms with E-state index in [-0.39, 0.29) is 0 Å². The van der Waals surface area contributed by atoms with Crippen molar-refractivity contribution >= 4 is 59.4 Å². The fraction of sp³-hybridized carbons (Fsp3) is 0.133. The summed E-state index contributed by atoms with van der Waals surface area (Å²) < 4.78 is 4.13. The van der Waals surface area contributed by atoms with Gasteiger partial charge >= 0.3 is 5.97 Å². The number of halogens is 3. The molecule has 0 amide bonds. The molecule has 0 saturated carbocycles. The molecule has 0 aliphatic heterocycles. The van der Waals surface area contributed by atoms with E-state index in [2.05, 4.69) is 65.2 Å². The molecular formula is C15H12Br3NO2. The number of rotatable bonds is 4. The van der Waals surface area contributed by atoms with Gasteiger partial charge in [0.25, 0.3) is 0 Å². The highest BCUT2D eigenvalue weighted by Crippen LogP contribution is 2.35. The number of esters is 1. The second-order valence-electron chi connectivity index (χ2n) is 4.25. The molecule has 0 spiro atoms. The maximum Gasteiger partial charge on any atom is 0.350 e. The highest BCUT2D eigenvalue weighted by Gasteiger charge is 2.30. The molecule has 0 fully saturated rings. The quantitative estimate of drug-likeness (QED) is 0.381. The summed E-state index contributed by atoms with van der Waals surface area (Å²) in [5.74, 6) is 0.000445. The van der Waals surface area contributed by atoms with E-state index < -0.39 is 8.11 Å². The summed E-state index contributed by atoms with van der Waals surface area (Å²) >= 11 is 9.34. The lowest BCUT2D eigenvalue weighted by Crippen LogP contribution is -2.23. The molecule has 1 N–H and O–H groups in total. The Morgan fingerprint density at radius 1 is 1.00 bits per heavy atom. The summed E-state index contributed by atoms with van der Waals surface area (Å²) in [7, 11) is 0. The van der Waals surface area contributed by atoms with Crippen LogP contribution in [0.2, 0.25) is 0 Å². The Balaban J connectivity index is 1.92. The number of hydrogen-bond donors (Lipinski definition) is 1. The summed E-state index contributed by atoms with van der Waals surface area (Å²) in [5, 5.41) is 3.30. The minimum absolute atomic E-state index is 0.479. The van der Waals surface area contributed by atoms with E-state index in [1.165, 1.54) is 5.56 Å². The van der Waals surface area contributed by atoms with Crippen LogP contribution >= 0.6 is 47.8 Å². The Hall–Kier alpha value is -0.850. The smallest absolute Gasteiger partial charge is 0.350 e. The van der Waals surface area contributed by atoms with Crippen molar-refractivity contribution in [3.63, 3.8) is 0 Å². The van der Waals surface area contributed by atoms with Crippen LogP contribution in [0.15, 0.2) is 54.6 Å². The van der Waals surface area contributed by atoms with E-state index >= 15 is 0 Å². The molecule has 0 atom stereocenters. The van der Waals surface area contributed by atoms with Crippen LogP contribution in [0, 0.1) is 0 Å². The fourth-order valence-corrected chi connectivity index (χ4v) is 1.85. The second-order valence-corrected chi connectivity index (χ2v) is 11.0. The largest absolute Gasteiger partial charge is 0.424 e. The molecule has 3 nitrogen and oxygen atoms in total. The molecule has 0 aliphatic carbocycles. The van der Waals surface area contributed by atoms with E-state index in [9.17, 15) is 4.79 Å². The number of carbonyl (C=O) groups excluding carboxylic acids is 1. The van der Waals surface area contributed by atoms with Gasteiger partial charge in [0.15, 0.2) is 0 Å². The van der Waals surface area contributed by atoms with Crippen molar-refractivity contribution in [2.45, 2.75) is 8.69 Å². The summed E-state index contributed by atoms with van der Waals surface area (Å²) in [6.07, 6.45) is 0. The number of nitrogens with one attached hydrogen (secondary N) is 1. The summed E-state index contributed by atoms with van der Waals surface area (Å²) in [6.45, 7) is 0.743. The number of anilines is 1. The first-order valence-electron chi connectivity index (χ1n) is 6.12. The fourth-order valence-electron chi connectivity index (χ4n) is 1.61. The molecule has 2 aromatic rings. The first kappa shape index (κ1) is 16.5. The topological polar surface area (TPSA) is 38.3 Å². The average molecular weight is 478 g/mol. The Bertz CT molecular complexity index is 595. The zero-order chi connectivity index (χ0) is 15.3. The van der Waals surface area contributed by atoms with Gasteiger partial charge in [-0.15, -0.1) is 0 Å². The first-order valence-corrected chi connectivity index (χ1v) is 8.50. The molecule has 0 heterocycles. The van der Waals surface area contributed by atoms with Crippen LogP contribution in [-0.2, 0) is 11.3 Å². The monoisotopic (exact) mass is 475 g/mol. The standard InChI is InChI=1S/C15H12Br3NO2/c16-15(17,18)14(20)21-13-8-6-12(7-9-13)19-10-11-4-2-1-3-5-11/h1-9,19H,10H2. The first-order chi connectivity index (χ1) is 9.95. The Labute approximate surface area is 148 Å². The summed E-state index contributed by atoms with van der Waals surface area (Å²) in [6, 6.07) is 17.3. The molecule has 110 valence electrons. The van der Waals surface area contributed by atoms with Crippen LogP contribution in [0.4, 0.5) is 5.69 Å². The minimum atomic E-state index is -1.06. The number of ether oxygens (including phenoxy) is 1. The predicted octanol–water partition coefficient (Wildman–Crippen LogP) is 5.04. The molecule has 2 aromatic carbocycles. The van der Waals surface area contributed by atoms with E-state index in [1.807, 2.05) is 30.3 Å². The lowest BCUT2D eigenvalue weighted by atomic mass is 10.2. The molecule has 0 bridgehead atoms. The van der Waals surface area contributed by atoms with Gasteiger partial charge in [0, 0.05) is 12.2 Å². The van der Waals surface area contributed by atoms with Crippen LogP contribution in [0.5, 0.6) is 5.75 Å². The molecule has 2 rings (SSSR count). The SMILES string of the molecule is O=C(Oc1ccc(NCc2ccccc2)cc1)C(Br)(Br)Br. The third-order valence-corrected chi connectivity index (χ3v) is 3.61. The van der Waals surface area contributed by atoms with E-state index in [4.69, 9.17) is 4.74 Å². The third-order valence-electron chi connectivity index (χ3n) is 2.64. The Kier molecular flexibility index (Phi) is 5.84. The van der Waals surface area contributed by atoms with Crippen LogP contribution in [-0.4, -0.2) is 8.11 Å². The van der Waals surface area contributed by atoms with E-state index in [0.717, 1.165) is 12.2 Å². The summed E-state index contributed by atoms with van der Waals surface area (Å²) in [5.41, 5.74) is 2.16. The van der Waals surface area contributed by atoms with Gasteiger partial charge in [-0.3, -0.25) is 0 Å². The van der Waals surface area contributed by atoms with E-state index in [0.29, 0.717) is 5.75 Å². The van der Waals surface area contributed by atoms with Gasteiger partial charge in [0.05, 0.1) is 0 Å². The Morgan fingerprint density at radius 2 is 1.62 bits per heavy atom. The maximum absolute atomic E-state index is 11.7. The molecular weight excluding hydrogens is 466 g/mol. The minimum Gasteiger partial charge on any atom is -0.424 e. The summed E-state index contributed by atoms with van der Waals surface area (Å²) in [4.78, 5) is 11.7. The van der Waals surface area contributed by atoms with Crippen LogP contribution < -0.4 is 10.1 Å². The highest BCUT2D eigenvalue weighted by atomic mass is 80.0. The zero-order valence-corrected chi connectivity index (χ0v) is 15.6. The Morgan fingerprint density at radius 3 is 2.19 bits per heavy atom. The van der Waals surface area contributed by atoms with Gasteiger partial charge in [-0.25, -0.2) is 4.79 Å². The lowest BCUT2D eigenvalue weighted by molar-refractivity contribution is -0.132. The average Bonchev–Trinajstić information content (AvgIpc) is 2.46. The van der Waals surface area contributed by atoms with Crippen molar-refractivity contribution in [1.29, 1.82) is 0 Å². The predicted molar refractivity (Wildman–Crippen MR) is 95.4 cm³/mol. The van der Waals surface area contributed by atoms with Crippen LogP contribution in [0.3, 0.4) is 0 Å². The van der Waals surface area contributed by atoms with Crippen LogP contribution in [0.1, 0.15) is 5.56 Å². The second kappa shape index (κ2) is 7.42. The highest BCUT2D eigenvalue weighted by molar-refractivity contribution is 9.40. The normalized spacial score (nSPS) is 11.0. The molecule has 21 heavy (non-hydrogen) atoms. The van der Waals surface area contributed by atoms with Gasteiger partial charge in [-0.05, 0) is 77.6 Å². The number of hydrogen-bond acceptors (Lipinski definition) is 3. The van der Waals surface area contributed by atoms with Gasteiger partial charge in [-0.1, -0.05) is 30.3 Å². The van der Waals surface area contributed by atoms with Crippen LogP contribution in [0.25, 0.3) is 0 Å². The van der Waals surface area contributed by atoms with Crippen molar-refractivity contribution in [1.82, 2.24) is 0 Å². The number of benzene rings is 2. The number of alkyl halides is 3. The van der Waals surface area contributed by atoms with Crippen molar-refractivity contribution in [3.8, 4) is 5.75 Å². The van der Waals surface area contributed by atoms with Gasteiger partial charge in [0.1, 0.15) is 5.75 Å². The molecule has 0 radical (unpaired) electrons. The van der Waals surface area contributed by atoms with Gasteiger partial charge < -0.3 is 10.1 Å². The maximum atomic E-state index is 11.7. The zero-order valence-electron chi connectivity index (χ0n) is 10.9. The van der Waals surface area contributed by atoms with Crippen molar-refractivity contribution in [2.75, 3.05) is 5.32 Å².